The van der Waals surface area contributed by atoms with Gasteiger partial charge in [-0.1, -0.05) is 0 Å². The number of aliphatic carboxylic acids is 1. The average Bonchev–Trinajstić information content (AvgIpc) is 2.83. The molecule has 0 saturated heterocycles. The Morgan fingerprint density at radius 1 is 1.37 bits per heavy atom. The number of nitrogens with zero attached hydrogens (tertiary/aromatic N) is 2. The second-order valence-corrected chi connectivity index (χ2v) is 4.90. The van der Waals surface area contributed by atoms with Crippen LogP contribution in [0.3, 0.4) is 0 Å². The molecule has 0 fully saturated rings. The van der Waals surface area contributed by atoms with Gasteiger partial charge in [0.1, 0.15) is 5.54 Å². The van der Waals surface area contributed by atoms with Crippen LogP contribution in [0.4, 0.5) is 0 Å². The zero-order valence-electron chi connectivity index (χ0n) is 11.0. The van der Waals surface area contributed by atoms with Gasteiger partial charge >= 0.3 is 5.97 Å². The number of carbonyl (C=O) groups excluding carboxylic acids is 1. The SMILES string of the molecule is CN(C(=O)c1ccc2[nH]ncc2c1)C(C)(C)C(=O)O. The minimum Gasteiger partial charge on any atom is -0.480 e. The fraction of sp³-hybridized carbons (Fsp3) is 0.308. The van der Waals surface area contributed by atoms with Gasteiger partial charge in [-0.2, -0.15) is 5.10 Å². The number of likely N-dealkylation sites (N-methyl/N-ethyl adjacent to an activating group) is 1. The number of fused-ring (bicyclic) bond motifs is 1. The number of amides is 1. The molecule has 0 atom stereocenters. The first kappa shape index (κ1) is 13.1. The number of carbonyl (C=O) groups is 2. The number of H-pyrrole nitrogens is 1. The molecule has 2 N–H and O–H groups in total. The second-order valence-electron chi connectivity index (χ2n) is 4.90. The van der Waals surface area contributed by atoms with E-state index in [9.17, 15) is 9.59 Å². The van der Waals surface area contributed by atoms with Crippen molar-refractivity contribution in [3.8, 4) is 0 Å². The maximum atomic E-state index is 12.3. The largest absolute Gasteiger partial charge is 0.480 e. The molecular weight excluding hydrogens is 246 g/mol. The first-order valence-electron chi connectivity index (χ1n) is 5.78. The topological polar surface area (TPSA) is 86.3 Å². The van der Waals surface area contributed by atoms with Crippen LogP contribution in [0.5, 0.6) is 0 Å². The predicted molar refractivity (Wildman–Crippen MR) is 69.9 cm³/mol. The van der Waals surface area contributed by atoms with E-state index in [-0.39, 0.29) is 5.91 Å². The van der Waals surface area contributed by atoms with Crippen molar-refractivity contribution in [3.63, 3.8) is 0 Å². The van der Waals surface area contributed by atoms with E-state index in [0.717, 1.165) is 10.9 Å². The number of hydrogen-bond acceptors (Lipinski definition) is 3. The molecule has 6 nitrogen and oxygen atoms in total. The lowest BCUT2D eigenvalue weighted by Gasteiger charge is -2.31. The molecule has 0 aliphatic heterocycles. The van der Waals surface area contributed by atoms with E-state index in [1.807, 2.05) is 0 Å². The summed E-state index contributed by atoms with van der Waals surface area (Å²) >= 11 is 0. The van der Waals surface area contributed by atoms with Gasteiger partial charge in [-0.05, 0) is 32.0 Å². The molecule has 2 rings (SSSR count). The van der Waals surface area contributed by atoms with Gasteiger partial charge in [-0.25, -0.2) is 4.79 Å². The summed E-state index contributed by atoms with van der Waals surface area (Å²) in [5.41, 5.74) is 0.00466. The van der Waals surface area contributed by atoms with Gasteiger partial charge in [0.05, 0.1) is 11.7 Å². The zero-order chi connectivity index (χ0) is 14.2. The molecule has 19 heavy (non-hydrogen) atoms. The zero-order valence-corrected chi connectivity index (χ0v) is 11.0. The van der Waals surface area contributed by atoms with Gasteiger partial charge in [-0.3, -0.25) is 9.89 Å². The van der Waals surface area contributed by atoms with Crippen molar-refractivity contribution in [2.45, 2.75) is 19.4 Å². The Morgan fingerprint density at radius 3 is 2.68 bits per heavy atom. The van der Waals surface area contributed by atoms with Crippen molar-refractivity contribution in [1.29, 1.82) is 0 Å². The lowest BCUT2D eigenvalue weighted by Crippen LogP contribution is -2.50. The number of rotatable bonds is 3. The van der Waals surface area contributed by atoms with E-state index < -0.39 is 11.5 Å². The van der Waals surface area contributed by atoms with Crippen LogP contribution in [0.25, 0.3) is 10.9 Å². The van der Waals surface area contributed by atoms with Crippen LogP contribution in [0, 0.1) is 0 Å². The summed E-state index contributed by atoms with van der Waals surface area (Å²) in [6, 6.07) is 5.09. The summed E-state index contributed by atoms with van der Waals surface area (Å²) in [6.07, 6.45) is 1.62. The molecule has 0 radical (unpaired) electrons. The Balaban J connectivity index is 2.35. The van der Waals surface area contributed by atoms with Gasteiger partial charge in [-0.15, -0.1) is 0 Å². The fourth-order valence-electron chi connectivity index (χ4n) is 1.67. The van der Waals surface area contributed by atoms with E-state index in [1.165, 1.54) is 25.8 Å². The summed E-state index contributed by atoms with van der Waals surface area (Å²) in [6.45, 7) is 2.98. The lowest BCUT2D eigenvalue weighted by atomic mass is 10.0. The molecule has 0 aliphatic rings. The minimum atomic E-state index is -1.26. The standard InChI is InChI=1S/C13H15N3O3/c1-13(2,12(18)19)16(3)11(17)8-4-5-10-9(6-8)7-14-15-10/h4-7H,1-3H3,(H,14,15)(H,18,19). The summed E-state index contributed by atoms with van der Waals surface area (Å²) in [5, 5.41) is 16.6. The third kappa shape index (κ3) is 2.16. The van der Waals surface area contributed by atoms with Crippen LogP contribution in [-0.4, -0.2) is 44.7 Å². The Labute approximate surface area is 110 Å². The smallest absolute Gasteiger partial charge is 0.329 e. The van der Waals surface area contributed by atoms with Crippen LogP contribution < -0.4 is 0 Å². The van der Waals surface area contributed by atoms with E-state index in [1.54, 1.807) is 24.4 Å². The number of hydrogen-bond donors (Lipinski definition) is 2. The summed E-state index contributed by atoms with van der Waals surface area (Å²) in [7, 11) is 1.48. The van der Waals surface area contributed by atoms with Crippen LogP contribution in [0.1, 0.15) is 24.2 Å². The third-order valence-corrected chi connectivity index (χ3v) is 3.35. The van der Waals surface area contributed by atoms with Gasteiger partial charge in [0.15, 0.2) is 0 Å². The molecule has 0 saturated carbocycles. The number of benzene rings is 1. The summed E-state index contributed by atoms with van der Waals surface area (Å²) in [5.74, 6) is -1.39. The Morgan fingerprint density at radius 2 is 2.05 bits per heavy atom. The highest BCUT2D eigenvalue weighted by Gasteiger charge is 2.35. The maximum Gasteiger partial charge on any atom is 0.329 e. The molecule has 1 heterocycles. The fourth-order valence-corrected chi connectivity index (χ4v) is 1.67. The highest BCUT2D eigenvalue weighted by Crippen LogP contribution is 2.19. The molecule has 0 unspecified atom stereocenters. The van der Waals surface area contributed by atoms with E-state index >= 15 is 0 Å². The van der Waals surface area contributed by atoms with Gasteiger partial charge in [0.25, 0.3) is 5.91 Å². The minimum absolute atomic E-state index is 0.337. The van der Waals surface area contributed by atoms with Crippen molar-refractivity contribution >= 4 is 22.8 Å². The summed E-state index contributed by atoms with van der Waals surface area (Å²) < 4.78 is 0. The number of aromatic nitrogens is 2. The van der Waals surface area contributed by atoms with Crippen molar-refractivity contribution in [2.75, 3.05) is 7.05 Å². The first-order valence-corrected chi connectivity index (χ1v) is 5.78. The van der Waals surface area contributed by atoms with Crippen molar-refractivity contribution < 1.29 is 14.7 Å². The number of carboxylic acids is 1. The number of aromatic amines is 1. The molecule has 6 heteroatoms. The second kappa shape index (κ2) is 4.38. The van der Waals surface area contributed by atoms with E-state index in [0.29, 0.717) is 5.56 Å². The van der Waals surface area contributed by atoms with Crippen LogP contribution >= 0.6 is 0 Å². The molecular formula is C13H15N3O3. The molecule has 0 aliphatic carbocycles. The van der Waals surface area contributed by atoms with Crippen LogP contribution in [0.2, 0.25) is 0 Å². The van der Waals surface area contributed by atoms with Crippen molar-refractivity contribution in [3.05, 3.63) is 30.0 Å². The highest BCUT2D eigenvalue weighted by molar-refractivity contribution is 6.00. The lowest BCUT2D eigenvalue weighted by molar-refractivity contribution is -0.147. The molecule has 0 spiro atoms. The molecule has 1 aromatic heterocycles. The van der Waals surface area contributed by atoms with Crippen LogP contribution in [-0.2, 0) is 4.79 Å². The van der Waals surface area contributed by atoms with Crippen molar-refractivity contribution in [2.24, 2.45) is 0 Å². The maximum absolute atomic E-state index is 12.3. The molecule has 100 valence electrons. The first-order chi connectivity index (χ1) is 8.84. The van der Waals surface area contributed by atoms with Gasteiger partial charge < -0.3 is 10.0 Å². The number of carboxylic acid groups (broad SMARTS) is 1. The molecule has 2 aromatic rings. The predicted octanol–water partition coefficient (Wildman–Crippen LogP) is 1.50. The Bertz CT molecular complexity index is 645. The molecule has 1 amide bonds. The molecule has 0 bridgehead atoms. The van der Waals surface area contributed by atoms with E-state index in [2.05, 4.69) is 10.2 Å². The Hall–Kier alpha value is -2.37. The van der Waals surface area contributed by atoms with Crippen LogP contribution in [0.15, 0.2) is 24.4 Å². The third-order valence-electron chi connectivity index (χ3n) is 3.35. The van der Waals surface area contributed by atoms with Gasteiger partial charge in [0, 0.05) is 18.0 Å². The van der Waals surface area contributed by atoms with Crippen molar-refractivity contribution in [1.82, 2.24) is 15.1 Å². The quantitative estimate of drug-likeness (QED) is 0.876. The summed E-state index contributed by atoms with van der Waals surface area (Å²) in [4.78, 5) is 24.7. The highest BCUT2D eigenvalue weighted by atomic mass is 16.4. The number of nitrogens with one attached hydrogen (secondary N) is 1. The molecule has 1 aromatic carbocycles. The van der Waals surface area contributed by atoms with E-state index in [4.69, 9.17) is 5.11 Å². The Kier molecular flexibility index (Phi) is 3.01. The monoisotopic (exact) mass is 261 g/mol. The normalized spacial score (nSPS) is 11.5. The van der Waals surface area contributed by atoms with Gasteiger partial charge in [0.2, 0.25) is 0 Å². The average molecular weight is 261 g/mol.